The van der Waals surface area contributed by atoms with Crippen LogP contribution in [-0.2, 0) is 9.53 Å². The van der Waals surface area contributed by atoms with E-state index in [2.05, 4.69) is 0 Å². The van der Waals surface area contributed by atoms with Crippen LogP contribution in [-0.4, -0.2) is 28.3 Å². The second kappa shape index (κ2) is 7.47. The number of hydrogen-bond donors (Lipinski definition) is 1. The normalized spacial score (nSPS) is 22.5. The third kappa shape index (κ3) is 3.85. The van der Waals surface area contributed by atoms with Crippen LogP contribution in [0.2, 0.25) is 0 Å². The van der Waals surface area contributed by atoms with E-state index in [4.69, 9.17) is 9.72 Å². The Bertz CT molecular complexity index is 932. The molecule has 146 valence electrons. The summed E-state index contributed by atoms with van der Waals surface area (Å²) in [6.07, 6.45) is 5.33. The first-order valence-electron chi connectivity index (χ1n) is 9.75. The summed E-state index contributed by atoms with van der Waals surface area (Å²) in [6, 6.07) is 6.51. The zero-order chi connectivity index (χ0) is 19.8. The molecule has 0 spiro atoms. The fourth-order valence-electron chi connectivity index (χ4n) is 3.79. The van der Waals surface area contributed by atoms with Gasteiger partial charge in [-0.15, -0.1) is 0 Å². The molecule has 1 aliphatic carbocycles. The quantitative estimate of drug-likeness (QED) is 0.795. The van der Waals surface area contributed by atoms with Gasteiger partial charge in [-0.25, -0.2) is 4.39 Å². The number of carbonyl (C=O) groups is 1. The van der Waals surface area contributed by atoms with E-state index in [1.165, 1.54) is 12.1 Å². The van der Waals surface area contributed by atoms with Gasteiger partial charge in [-0.2, -0.15) is 0 Å². The first-order chi connectivity index (χ1) is 13.4. The molecule has 2 unspecified atom stereocenters. The third-order valence-electron chi connectivity index (χ3n) is 5.52. The molecule has 1 aliphatic heterocycles. The lowest BCUT2D eigenvalue weighted by molar-refractivity contribution is -0.156. The molecule has 2 aliphatic rings. The van der Waals surface area contributed by atoms with Crippen molar-refractivity contribution < 1.29 is 19.0 Å². The van der Waals surface area contributed by atoms with Crippen LogP contribution in [0.4, 0.5) is 4.39 Å². The van der Waals surface area contributed by atoms with Crippen molar-refractivity contribution in [3.8, 4) is 11.1 Å². The number of halogens is 1. The first-order valence-corrected chi connectivity index (χ1v) is 9.75. The molecule has 0 amide bonds. The number of hydrogen-bond acceptors (Lipinski definition) is 4. The van der Waals surface area contributed by atoms with Crippen LogP contribution in [0, 0.1) is 19.7 Å². The highest BCUT2D eigenvalue weighted by Crippen LogP contribution is 2.44. The first kappa shape index (κ1) is 18.8. The van der Waals surface area contributed by atoms with Crippen molar-refractivity contribution in [3.05, 3.63) is 58.7 Å². The van der Waals surface area contributed by atoms with Crippen LogP contribution >= 0.6 is 0 Å². The van der Waals surface area contributed by atoms with E-state index < -0.39 is 12.2 Å². The van der Waals surface area contributed by atoms with Crippen LogP contribution < -0.4 is 0 Å². The van der Waals surface area contributed by atoms with Crippen molar-refractivity contribution in [2.24, 2.45) is 0 Å². The maximum atomic E-state index is 13.5. The zero-order valence-corrected chi connectivity index (χ0v) is 16.1. The smallest absolute Gasteiger partial charge is 0.309 e. The lowest BCUT2D eigenvalue weighted by atomic mass is 9.91. The molecule has 2 fully saturated rings. The van der Waals surface area contributed by atoms with Gasteiger partial charge in [-0.1, -0.05) is 18.2 Å². The minimum atomic E-state index is -0.673. The van der Waals surface area contributed by atoms with Gasteiger partial charge >= 0.3 is 5.97 Å². The second-order valence-electron chi connectivity index (χ2n) is 7.76. The number of rotatable bonds is 4. The van der Waals surface area contributed by atoms with Crippen LogP contribution in [0.3, 0.4) is 0 Å². The van der Waals surface area contributed by atoms with Crippen molar-refractivity contribution >= 4 is 12.0 Å². The molecule has 5 heteroatoms. The molecule has 1 saturated heterocycles. The van der Waals surface area contributed by atoms with Gasteiger partial charge < -0.3 is 9.84 Å². The molecule has 0 bridgehead atoms. The highest BCUT2D eigenvalue weighted by molar-refractivity contribution is 5.80. The predicted octanol–water partition coefficient (Wildman–Crippen LogP) is 4.46. The summed E-state index contributed by atoms with van der Waals surface area (Å²) >= 11 is 0. The third-order valence-corrected chi connectivity index (χ3v) is 5.52. The van der Waals surface area contributed by atoms with Gasteiger partial charge in [0.25, 0.3) is 0 Å². The van der Waals surface area contributed by atoms with E-state index in [-0.39, 0.29) is 18.2 Å². The Balaban J connectivity index is 1.80. The number of ether oxygens (including phenoxy) is 1. The number of esters is 1. The van der Waals surface area contributed by atoms with E-state index in [1.807, 2.05) is 26.0 Å². The number of aliphatic hydroxyl groups excluding tert-OH is 1. The number of aryl methyl sites for hydroxylation is 1. The lowest BCUT2D eigenvalue weighted by Crippen LogP contribution is -2.31. The Labute approximate surface area is 164 Å². The molecule has 1 saturated carbocycles. The minimum Gasteiger partial charge on any atom is -0.458 e. The maximum Gasteiger partial charge on any atom is 0.309 e. The molecule has 0 radical (unpaired) electrons. The fraction of sp³-hybridized carbons (Fsp3) is 0.391. The van der Waals surface area contributed by atoms with Gasteiger partial charge in [-0.3, -0.25) is 9.78 Å². The average Bonchev–Trinajstić information content (AvgIpc) is 3.47. The number of nitrogens with zero attached hydrogens (tertiary/aromatic N) is 1. The van der Waals surface area contributed by atoms with Crippen LogP contribution in [0.15, 0.2) is 30.3 Å². The number of pyridine rings is 1. The topological polar surface area (TPSA) is 59.4 Å². The van der Waals surface area contributed by atoms with E-state index in [0.717, 1.165) is 46.5 Å². The van der Waals surface area contributed by atoms with Gasteiger partial charge in [0.2, 0.25) is 0 Å². The summed E-state index contributed by atoms with van der Waals surface area (Å²) in [7, 11) is 0. The molecule has 1 aromatic heterocycles. The standard InChI is InChI=1S/C23H24FNO3/c1-13-14(2)25-23(16-3-4-16)20(22(13)15-5-7-17(24)8-6-15)10-9-19-11-18(26)12-21(27)28-19/h5-10,16,18-19,26H,3-4,11-12H2,1-2H3. The van der Waals surface area contributed by atoms with E-state index in [9.17, 15) is 14.3 Å². The van der Waals surface area contributed by atoms with Gasteiger partial charge in [0.15, 0.2) is 0 Å². The second-order valence-corrected chi connectivity index (χ2v) is 7.76. The van der Waals surface area contributed by atoms with Gasteiger partial charge in [0.1, 0.15) is 11.9 Å². The number of carbonyl (C=O) groups excluding carboxylic acids is 1. The number of cyclic esters (lactones) is 1. The Morgan fingerprint density at radius 3 is 2.57 bits per heavy atom. The van der Waals surface area contributed by atoms with Crippen molar-refractivity contribution in [3.63, 3.8) is 0 Å². The Kier molecular flexibility index (Phi) is 5.02. The fourth-order valence-corrected chi connectivity index (χ4v) is 3.79. The van der Waals surface area contributed by atoms with Crippen LogP contribution in [0.25, 0.3) is 17.2 Å². The minimum absolute atomic E-state index is 0.0453. The van der Waals surface area contributed by atoms with Crippen molar-refractivity contribution in [1.29, 1.82) is 0 Å². The highest BCUT2D eigenvalue weighted by atomic mass is 19.1. The molecular formula is C23H24FNO3. The monoisotopic (exact) mass is 381 g/mol. The molecular weight excluding hydrogens is 357 g/mol. The summed E-state index contributed by atoms with van der Waals surface area (Å²) in [6.45, 7) is 4.03. The summed E-state index contributed by atoms with van der Waals surface area (Å²) in [5.41, 5.74) is 6.03. The number of aromatic nitrogens is 1. The largest absolute Gasteiger partial charge is 0.458 e. The van der Waals surface area contributed by atoms with Crippen molar-refractivity contribution in [1.82, 2.24) is 4.98 Å². The van der Waals surface area contributed by atoms with E-state index >= 15 is 0 Å². The van der Waals surface area contributed by atoms with Gasteiger partial charge in [0, 0.05) is 23.6 Å². The van der Waals surface area contributed by atoms with Crippen LogP contribution in [0.5, 0.6) is 0 Å². The molecule has 2 aromatic rings. The molecule has 1 aromatic carbocycles. The summed E-state index contributed by atoms with van der Waals surface area (Å²) in [5, 5.41) is 9.86. The number of benzene rings is 1. The Morgan fingerprint density at radius 1 is 1.21 bits per heavy atom. The summed E-state index contributed by atoms with van der Waals surface area (Å²) in [4.78, 5) is 16.5. The average molecular weight is 381 g/mol. The highest BCUT2D eigenvalue weighted by Gasteiger charge is 2.30. The van der Waals surface area contributed by atoms with E-state index in [0.29, 0.717) is 12.3 Å². The van der Waals surface area contributed by atoms with Gasteiger partial charge in [-0.05, 0) is 61.6 Å². The van der Waals surface area contributed by atoms with Crippen LogP contribution in [0.1, 0.15) is 54.1 Å². The van der Waals surface area contributed by atoms with Gasteiger partial charge in [0.05, 0.1) is 18.2 Å². The number of aliphatic hydroxyl groups is 1. The Hall–Kier alpha value is -2.53. The molecule has 4 nitrogen and oxygen atoms in total. The van der Waals surface area contributed by atoms with Crippen molar-refractivity contribution in [2.45, 2.75) is 57.7 Å². The molecule has 2 heterocycles. The van der Waals surface area contributed by atoms with Crippen molar-refractivity contribution in [2.75, 3.05) is 0 Å². The Morgan fingerprint density at radius 2 is 1.93 bits per heavy atom. The molecule has 4 rings (SSSR count). The molecule has 2 atom stereocenters. The summed E-state index contributed by atoms with van der Waals surface area (Å²) < 4.78 is 18.8. The summed E-state index contributed by atoms with van der Waals surface area (Å²) in [5.74, 6) is -0.222. The SMILES string of the molecule is Cc1nc(C2CC2)c(C=CC2CC(O)CC(=O)O2)c(-c2ccc(F)cc2)c1C. The molecule has 28 heavy (non-hydrogen) atoms. The lowest BCUT2D eigenvalue weighted by Gasteiger charge is -2.24. The zero-order valence-electron chi connectivity index (χ0n) is 16.1. The molecule has 1 N–H and O–H groups in total. The van der Waals surface area contributed by atoms with E-state index in [1.54, 1.807) is 12.1 Å². The maximum absolute atomic E-state index is 13.5. The predicted molar refractivity (Wildman–Crippen MR) is 105 cm³/mol.